The number of hydrogen-bond donors (Lipinski definition) is 1. The Morgan fingerprint density at radius 3 is 2.21 bits per heavy atom. The van der Waals surface area contributed by atoms with Crippen molar-refractivity contribution in [1.82, 2.24) is 4.90 Å². The zero-order valence-electron chi connectivity index (χ0n) is 18.2. The molecule has 1 amide bonds. The maximum absolute atomic E-state index is 13.1. The predicted molar refractivity (Wildman–Crippen MR) is 128 cm³/mol. The van der Waals surface area contributed by atoms with Crippen molar-refractivity contribution in [3.05, 3.63) is 44.9 Å². The summed E-state index contributed by atoms with van der Waals surface area (Å²) < 4.78 is 43.9. The molecule has 34 heavy (non-hydrogen) atoms. The normalized spacial score (nSPS) is 13.5. The molecule has 1 aliphatic heterocycles. The number of carbonyl (C=O) groups excluding carboxylic acids is 2. The highest BCUT2D eigenvalue weighted by atomic mass is 35.5. The van der Waals surface area contributed by atoms with Gasteiger partial charge in [0.1, 0.15) is 16.4 Å². The van der Waals surface area contributed by atoms with Gasteiger partial charge in [-0.1, -0.05) is 34.8 Å². The summed E-state index contributed by atoms with van der Waals surface area (Å²) in [6.07, 6.45) is 1.78. The molecule has 1 aliphatic rings. The molecule has 0 unspecified atom stereocenters. The Kier molecular flexibility index (Phi) is 8.40. The first-order valence-corrected chi connectivity index (χ1v) is 12.6. The lowest BCUT2D eigenvalue weighted by atomic mass is 10.2. The summed E-state index contributed by atoms with van der Waals surface area (Å²) in [5.74, 6) is -0.890. The molecule has 0 aromatic heterocycles. The third kappa shape index (κ3) is 5.80. The molecule has 3 rings (SSSR count). The largest absolute Gasteiger partial charge is 0.495 e. The van der Waals surface area contributed by atoms with Crippen LogP contribution in [0.2, 0.25) is 15.1 Å². The molecule has 1 fully saturated rings. The minimum absolute atomic E-state index is 0.0136. The molecule has 0 aliphatic carbocycles. The Bertz CT molecular complexity index is 1220. The van der Waals surface area contributed by atoms with E-state index in [1.165, 1.54) is 26.4 Å². The van der Waals surface area contributed by atoms with Gasteiger partial charge in [-0.25, -0.2) is 13.2 Å². The van der Waals surface area contributed by atoms with E-state index in [2.05, 4.69) is 4.72 Å². The van der Waals surface area contributed by atoms with Crippen LogP contribution < -0.4 is 14.2 Å². The van der Waals surface area contributed by atoms with Gasteiger partial charge in [0.15, 0.2) is 6.61 Å². The lowest BCUT2D eigenvalue weighted by Crippen LogP contribution is -2.32. The average Bonchev–Trinajstić information content (AvgIpc) is 3.32. The molecule has 0 spiro atoms. The Labute approximate surface area is 211 Å². The Balaban J connectivity index is 1.86. The monoisotopic (exact) mass is 550 g/mol. The highest BCUT2D eigenvalue weighted by Gasteiger charge is 2.26. The van der Waals surface area contributed by atoms with Crippen molar-refractivity contribution in [1.29, 1.82) is 0 Å². The zero-order valence-corrected chi connectivity index (χ0v) is 21.3. The van der Waals surface area contributed by atoms with Gasteiger partial charge in [0.25, 0.3) is 15.9 Å². The van der Waals surface area contributed by atoms with Crippen LogP contribution in [0.4, 0.5) is 5.69 Å². The summed E-state index contributed by atoms with van der Waals surface area (Å²) in [7, 11) is -1.59. The number of halogens is 3. The van der Waals surface area contributed by atoms with Gasteiger partial charge in [0.2, 0.25) is 0 Å². The van der Waals surface area contributed by atoms with Crippen molar-refractivity contribution in [3.8, 4) is 11.5 Å². The molecule has 13 heteroatoms. The third-order valence-electron chi connectivity index (χ3n) is 5.03. The number of anilines is 1. The Hall–Kier alpha value is -2.40. The van der Waals surface area contributed by atoms with Gasteiger partial charge in [-0.3, -0.25) is 9.52 Å². The minimum atomic E-state index is -4.33. The number of esters is 1. The molecule has 9 nitrogen and oxygen atoms in total. The first-order valence-electron chi connectivity index (χ1n) is 9.95. The van der Waals surface area contributed by atoms with E-state index in [1.54, 1.807) is 4.90 Å². The summed E-state index contributed by atoms with van der Waals surface area (Å²) in [4.78, 5) is 25.9. The van der Waals surface area contributed by atoms with Gasteiger partial charge in [-0.05, 0) is 31.0 Å². The van der Waals surface area contributed by atoms with Crippen molar-refractivity contribution in [2.45, 2.75) is 17.7 Å². The van der Waals surface area contributed by atoms with Crippen LogP contribution in [0.25, 0.3) is 0 Å². The molecule has 1 saturated heterocycles. The smallest absolute Gasteiger partial charge is 0.340 e. The second-order valence-corrected chi connectivity index (χ2v) is 10.1. The quantitative estimate of drug-likeness (QED) is 0.488. The van der Waals surface area contributed by atoms with Crippen molar-refractivity contribution in [3.63, 3.8) is 0 Å². The standard InChI is InChI=1S/C21H21Cl3N2O7S/c1-31-17-10-18(32-2)16(9-14(17)23)25-34(29,30)19-7-12(13(22)8-15(19)24)21(28)33-11-20(27)26-5-3-4-6-26/h7-10,25H,3-6,11H2,1-2H3. The molecular formula is C21H21Cl3N2O7S. The van der Waals surface area contributed by atoms with Gasteiger partial charge in [0.05, 0.1) is 40.5 Å². The summed E-state index contributed by atoms with van der Waals surface area (Å²) in [5, 5.41) is -0.233. The van der Waals surface area contributed by atoms with Crippen molar-refractivity contribution in [2.24, 2.45) is 0 Å². The van der Waals surface area contributed by atoms with Crippen LogP contribution in [0.15, 0.2) is 29.2 Å². The van der Waals surface area contributed by atoms with Gasteiger partial charge >= 0.3 is 5.97 Å². The van der Waals surface area contributed by atoms with E-state index in [4.69, 9.17) is 49.0 Å². The van der Waals surface area contributed by atoms with Crippen LogP contribution in [0, 0.1) is 0 Å². The van der Waals surface area contributed by atoms with Crippen LogP contribution in [-0.2, 0) is 19.6 Å². The van der Waals surface area contributed by atoms with E-state index in [0.29, 0.717) is 13.1 Å². The van der Waals surface area contributed by atoms with E-state index in [-0.39, 0.29) is 43.7 Å². The molecule has 2 aromatic rings. The van der Waals surface area contributed by atoms with E-state index in [9.17, 15) is 18.0 Å². The molecule has 0 atom stereocenters. The van der Waals surface area contributed by atoms with Crippen molar-refractivity contribution >= 4 is 62.4 Å². The number of methoxy groups -OCH3 is 2. The number of nitrogens with zero attached hydrogens (tertiary/aromatic N) is 1. The molecule has 1 N–H and O–H groups in total. The second kappa shape index (κ2) is 10.9. The second-order valence-electron chi connectivity index (χ2n) is 7.22. The van der Waals surface area contributed by atoms with E-state index >= 15 is 0 Å². The van der Waals surface area contributed by atoms with Crippen LogP contribution >= 0.6 is 34.8 Å². The summed E-state index contributed by atoms with van der Waals surface area (Å²) in [6, 6.07) is 4.80. The fourth-order valence-corrected chi connectivity index (χ4v) is 5.45. The summed E-state index contributed by atoms with van der Waals surface area (Å²) in [6.45, 7) is 0.718. The lowest BCUT2D eigenvalue weighted by molar-refractivity contribution is -0.133. The fraction of sp³-hybridized carbons (Fsp3) is 0.333. The number of rotatable bonds is 8. The van der Waals surface area contributed by atoms with Gasteiger partial charge in [0, 0.05) is 19.2 Å². The first-order chi connectivity index (χ1) is 16.1. The molecule has 184 valence electrons. The average molecular weight is 552 g/mol. The van der Waals surface area contributed by atoms with Crippen LogP contribution in [0.5, 0.6) is 11.5 Å². The number of hydrogen-bond acceptors (Lipinski definition) is 7. The number of amides is 1. The number of nitrogens with one attached hydrogen (secondary N) is 1. The van der Waals surface area contributed by atoms with Crippen LogP contribution in [0.3, 0.4) is 0 Å². The number of sulfonamides is 1. The van der Waals surface area contributed by atoms with Crippen molar-refractivity contribution < 1.29 is 32.2 Å². The highest BCUT2D eigenvalue weighted by molar-refractivity contribution is 7.92. The van der Waals surface area contributed by atoms with Gasteiger partial charge in [-0.15, -0.1) is 0 Å². The zero-order chi connectivity index (χ0) is 25.0. The highest BCUT2D eigenvalue weighted by Crippen LogP contribution is 2.38. The lowest BCUT2D eigenvalue weighted by Gasteiger charge is -2.16. The SMILES string of the molecule is COc1cc(OC)c(NS(=O)(=O)c2cc(C(=O)OCC(=O)N3CCCC3)c(Cl)cc2Cl)cc1Cl. The number of benzene rings is 2. The molecule has 0 radical (unpaired) electrons. The minimum Gasteiger partial charge on any atom is -0.495 e. The fourth-order valence-electron chi connectivity index (χ4n) is 3.29. The maximum atomic E-state index is 13.1. The number of likely N-dealkylation sites (tertiary alicyclic amines) is 1. The molecule has 0 saturated carbocycles. The van der Waals surface area contributed by atoms with Crippen molar-refractivity contribution in [2.75, 3.05) is 38.6 Å². The molecule has 2 aromatic carbocycles. The maximum Gasteiger partial charge on any atom is 0.340 e. The molecule has 1 heterocycles. The third-order valence-corrected chi connectivity index (χ3v) is 7.47. The van der Waals surface area contributed by atoms with E-state index < -0.39 is 27.5 Å². The predicted octanol–water partition coefficient (Wildman–Crippen LogP) is 4.24. The van der Waals surface area contributed by atoms with Crippen LogP contribution in [0.1, 0.15) is 23.2 Å². The number of carbonyl (C=O) groups is 2. The van der Waals surface area contributed by atoms with Gasteiger partial charge in [-0.2, -0.15) is 0 Å². The summed E-state index contributed by atoms with van der Waals surface area (Å²) in [5.41, 5.74) is -0.250. The van der Waals surface area contributed by atoms with Crippen LogP contribution in [-0.4, -0.2) is 59.1 Å². The van der Waals surface area contributed by atoms with E-state index in [0.717, 1.165) is 25.0 Å². The number of ether oxygens (including phenoxy) is 3. The first kappa shape index (κ1) is 26.2. The summed E-state index contributed by atoms with van der Waals surface area (Å²) >= 11 is 18.3. The van der Waals surface area contributed by atoms with Gasteiger partial charge < -0.3 is 19.1 Å². The topological polar surface area (TPSA) is 111 Å². The molecular weight excluding hydrogens is 531 g/mol. The Morgan fingerprint density at radius 1 is 0.941 bits per heavy atom. The van der Waals surface area contributed by atoms with E-state index in [1.807, 2.05) is 0 Å². The Morgan fingerprint density at radius 2 is 1.59 bits per heavy atom. The molecule has 0 bridgehead atoms.